The van der Waals surface area contributed by atoms with Gasteiger partial charge in [-0.05, 0) is 43.7 Å². The fourth-order valence-electron chi connectivity index (χ4n) is 3.39. The second-order valence-corrected chi connectivity index (χ2v) is 9.00. The third kappa shape index (κ3) is 4.97. The Kier molecular flexibility index (Phi) is 6.57. The van der Waals surface area contributed by atoms with E-state index in [1.165, 1.54) is 11.8 Å². The van der Waals surface area contributed by atoms with Crippen LogP contribution in [0.4, 0.5) is 5.69 Å². The van der Waals surface area contributed by atoms with Gasteiger partial charge in [-0.2, -0.15) is 5.26 Å². The van der Waals surface area contributed by atoms with Crippen LogP contribution in [0.2, 0.25) is 0 Å². The van der Waals surface area contributed by atoms with Gasteiger partial charge in [-0.3, -0.25) is 14.2 Å². The minimum atomic E-state index is -0.547. The average molecular weight is 455 g/mol. The monoisotopic (exact) mass is 454 g/mol. The van der Waals surface area contributed by atoms with Crippen molar-refractivity contribution >= 4 is 34.3 Å². The summed E-state index contributed by atoms with van der Waals surface area (Å²) in [5.41, 5.74) is 3.41. The highest BCUT2D eigenvalue weighted by molar-refractivity contribution is 8.00. The molecule has 164 valence electrons. The predicted octanol–water partition coefficient (Wildman–Crippen LogP) is 4.74. The molecule has 0 spiro atoms. The molecule has 0 fully saturated rings. The number of aromatic nitrogens is 2. The van der Waals surface area contributed by atoms with Crippen molar-refractivity contribution in [1.82, 2.24) is 9.55 Å². The first-order valence-electron chi connectivity index (χ1n) is 10.5. The summed E-state index contributed by atoms with van der Waals surface area (Å²) in [7, 11) is 0. The first-order valence-corrected chi connectivity index (χ1v) is 11.4. The number of nitriles is 1. The minimum Gasteiger partial charge on any atom is -0.324 e. The minimum absolute atomic E-state index is 0.147. The Bertz CT molecular complexity index is 1420. The Morgan fingerprint density at radius 3 is 2.55 bits per heavy atom. The molecule has 0 aliphatic rings. The molecule has 0 bridgehead atoms. The predicted molar refractivity (Wildman–Crippen MR) is 131 cm³/mol. The number of carbonyl (C=O) groups excluding carboxylic acids is 1. The zero-order chi connectivity index (χ0) is 23.4. The van der Waals surface area contributed by atoms with Crippen molar-refractivity contribution in [2.24, 2.45) is 0 Å². The zero-order valence-corrected chi connectivity index (χ0v) is 19.1. The molecule has 4 aromatic rings. The highest BCUT2D eigenvalue weighted by Crippen LogP contribution is 2.25. The highest BCUT2D eigenvalue weighted by Gasteiger charge is 2.20. The lowest BCUT2D eigenvalue weighted by Gasteiger charge is -2.17. The van der Waals surface area contributed by atoms with Gasteiger partial charge in [0.15, 0.2) is 5.16 Å². The van der Waals surface area contributed by atoms with E-state index in [-0.39, 0.29) is 11.5 Å². The first-order chi connectivity index (χ1) is 16.0. The second kappa shape index (κ2) is 9.72. The van der Waals surface area contributed by atoms with Crippen LogP contribution >= 0.6 is 11.8 Å². The number of nitrogens with one attached hydrogen (secondary N) is 1. The van der Waals surface area contributed by atoms with Gasteiger partial charge < -0.3 is 5.32 Å². The van der Waals surface area contributed by atoms with E-state index in [0.29, 0.717) is 33.9 Å². The number of rotatable bonds is 6. The van der Waals surface area contributed by atoms with E-state index in [2.05, 4.69) is 11.4 Å². The van der Waals surface area contributed by atoms with Crippen LogP contribution in [0.3, 0.4) is 0 Å². The average Bonchev–Trinajstić information content (AvgIpc) is 2.83. The van der Waals surface area contributed by atoms with Crippen LogP contribution in [0.15, 0.2) is 82.7 Å². The molecule has 0 saturated carbocycles. The van der Waals surface area contributed by atoms with Gasteiger partial charge in [0, 0.05) is 0 Å². The number of nitrogens with zero attached hydrogens (tertiary/aromatic N) is 3. The van der Waals surface area contributed by atoms with Crippen molar-refractivity contribution in [2.75, 3.05) is 5.32 Å². The molecule has 3 aromatic carbocycles. The van der Waals surface area contributed by atoms with Gasteiger partial charge in [-0.25, -0.2) is 4.98 Å². The lowest BCUT2D eigenvalue weighted by atomic mass is 10.1. The van der Waals surface area contributed by atoms with Gasteiger partial charge in [0.05, 0.1) is 33.9 Å². The van der Waals surface area contributed by atoms with E-state index in [0.717, 1.165) is 11.1 Å². The van der Waals surface area contributed by atoms with Crippen LogP contribution in [0.25, 0.3) is 10.9 Å². The van der Waals surface area contributed by atoms with Gasteiger partial charge in [-0.1, -0.05) is 65.9 Å². The highest BCUT2D eigenvalue weighted by atomic mass is 32.2. The number of hydrogen-bond donors (Lipinski definition) is 1. The summed E-state index contributed by atoms with van der Waals surface area (Å²) in [6.45, 7) is 4.12. The first kappa shape index (κ1) is 22.3. The number of anilines is 1. The number of hydrogen-bond acceptors (Lipinski definition) is 5. The molecule has 0 radical (unpaired) electrons. The molecule has 0 aliphatic heterocycles. The van der Waals surface area contributed by atoms with Crippen molar-refractivity contribution in [2.45, 2.75) is 30.8 Å². The zero-order valence-electron chi connectivity index (χ0n) is 18.3. The van der Waals surface area contributed by atoms with Crippen LogP contribution in [-0.2, 0) is 11.3 Å². The number of fused-ring (bicyclic) bond motifs is 1. The lowest BCUT2D eigenvalue weighted by molar-refractivity contribution is -0.115. The van der Waals surface area contributed by atoms with Gasteiger partial charge in [-0.15, -0.1) is 0 Å². The SMILES string of the molecule is Cc1ccc(Cn2c(SC(C)C(=O)Nc3ccccc3C#N)nc3ccccc3c2=O)cc1. The molecule has 1 atom stereocenters. The second-order valence-electron chi connectivity index (χ2n) is 7.70. The molecule has 1 heterocycles. The van der Waals surface area contributed by atoms with Crippen molar-refractivity contribution in [3.8, 4) is 6.07 Å². The van der Waals surface area contributed by atoms with E-state index in [9.17, 15) is 14.9 Å². The van der Waals surface area contributed by atoms with E-state index in [1.54, 1.807) is 47.9 Å². The summed E-state index contributed by atoms with van der Waals surface area (Å²) in [5.74, 6) is -0.271. The molecular formula is C26H22N4O2S. The van der Waals surface area contributed by atoms with Gasteiger partial charge in [0.1, 0.15) is 6.07 Å². The van der Waals surface area contributed by atoms with E-state index < -0.39 is 5.25 Å². The van der Waals surface area contributed by atoms with Crippen molar-refractivity contribution in [3.05, 3.63) is 99.8 Å². The van der Waals surface area contributed by atoms with Crippen molar-refractivity contribution in [1.29, 1.82) is 5.26 Å². The maximum absolute atomic E-state index is 13.3. The molecule has 1 amide bonds. The molecule has 0 aliphatic carbocycles. The topological polar surface area (TPSA) is 87.8 Å². The Balaban J connectivity index is 1.67. The molecule has 1 unspecified atom stereocenters. The Labute approximate surface area is 195 Å². The fourth-order valence-corrected chi connectivity index (χ4v) is 4.30. The van der Waals surface area contributed by atoms with Crippen LogP contribution < -0.4 is 10.9 Å². The summed E-state index contributed by atoms with van der Waals surface area (Å²) < 4.78 is 1.62. The van der Waals surface area contributed by atoms with Gasteiger partial charge >= 0.3 is 0 Å². The number of aryl methyl sites for hydroxylation is 1. The van der Waals surface area contributed by atoms with Crippen LogP contribution in [0.1, 0.15) is 23.6 Å². The van der Waals surface area contributed by atoms with Crippen LogP contribution in [-0.4, -0.2) is 20.7 Å². The number of thioether (sulfide) groups is 1. The van der Waals surface area contributed by atoms with Crippen LogP contribution in [0, 0.1) is 18.3 Å². The summed E-state index contributed by atoms with van der Waals surface area (Å²) in [4.78, 5) is 30.9. The van der Waals surface area contributed by atoms with Gasteiger partial charge in [0.2, 0.25) is 5.91 Å². The Hall–Kier alpha value is -3.89. The molecular weight excluding hydrogens is 432 g/mol. The molecule has 6 nitrogen and oxygen atoms in total. The lowest BCUT2D eigenvalue weighted by Crippen LogP contribution is -2.27. The van der Waals surface area contributed by atoms with E-state index in [4.69, 9.17) is 4.98 Å². The van der Waals surface area contributed by atoms with Crippen LogP contribution in [0.5, 0.6) is 0 Å². The molecule has 33 heavy (non-hydrogen) atoms. The number of benzene rings is 3. The quantitative estimate of drug-likeness (QED) is 0.336. The van der Waals surface area contributed by atoms with E-state index >= 15 is 0 Å². The Morgan fingerprint density at radius 1 is 1.09 bits per heavy atom. The van der Waals surface area contributed by atoms with Crippen molar-refractivity contribution < 1.29 is 4.79 Å². The maximum atomic E-state index is 13.3. The largest absolute Gasteiger partial charge is 0.324 e. The third-order valence-corrected chi connectivity index (χ3v) is 6.33. The fraction of sp³-hybridized carbons (Fsp3) is 0.154. The van der Waals surface area contributed by atoms with Crippen molar-refractivity contribution in [3.63, 3.8) is 0 Å². The summed E-state index contributed by atoms with van der Waals surface area (Å²) in [6.07, 6.45) is 0. The number of para-hydroxylation sites is 2. The number of amides is 1. The van der Waals surface area contributed by atoms with E-state index in [1.807, 2.05) is 43.3 Å². The third-order valence-electron chi connectivity index (χ3n) is 5.24. The molecule has 0 saturated heterocycles. The smallest absolute Gasteiger partial charge is 0.262 e. The summed E-state index contributed by atoms with van der Waals surface area (Å²) >= 11 is 1.22. The molecule has 1 N–H and O–H groups in total. The summed E-state index contributed by atoms with van der Waals surface area (Å²) in [6, 6.07) is 24.1. The normalized spacial score (nSPS) is 11.7. The molecule has 4 rings (SSSR count). The molecule has 1 aromatic heterocycles. The van der Waals surface area contributed by atoms with Gasteiger partial charge in [0.25, 0.3) is 5.56 Å². The summed E-state index contributed by atoms with van der Waals surface area (Å²) in [5, 5.41) is 12.5. The molecule has 7 heteroatoms. The maximum Gasteiger partial charge on any atom is 0.262 e. The standard InChI is InChI=1S/C26H22N4O2S/c1-17-11-13-19(14-12-17)16-30-25(32)21-8-4-6-10-23(21)29-26(30)33-18(2)24(31)28-22-9-5-3-7-20(22)15-27/h3-14,18H,16H2,1-2H3,(H,28,31). The Morgan fingerprint density at radius 2 is 1.79 bits per heavy atom. The number of carbonyl (C=O) groups is 1.